The smallest absolute Gasteiger partial charge is 0.290 e. The van der Waals surface area contributed by atoms with E-state index in [2.05, 4.69) is 20.4 Å². The van der Waals surface area contributed by atoms with E-state index in [-0.39, 0.29) is 45.8 Å². The van der Waals surface area contributed by atoms with Crippen LogP contribution in [0.5, 0.6) is 0 Å². The summed E-state index contributed by atoms with van der Waals surface area (Å²) in [5, 5.41) is 16.5. The number of alkyl halides is 6. The van der Waals surface area contributed by atoms with Gasteiger partial charge >= 0.3 is 0 Å². The van der Waals surface area contributed by atoms with Crippen LogP contribution in [0.2, 0.25) is 0 Å². The molecule has 7 rings (SSSR count). The normalized spacial score (nSPS) is 17.6. The molecule has 0 saturated carbocycles. The fourth-order valence-electron chi connectivity index (χ4n) is 6.88. The van der Waals surface area contributed by atoms with Crippen LogP contribution >= 0.6 is 11.3 Å². The highest BCUT2D eigenvalue weighted by Gasteiger charge is 2.55. The van der Waals surface area contributed by atoms with E-state index in [0.29, 0.717) is 15.9 Å². The maximum atomic E-state index is 15.1. The molecule has 1 aliphatic heterocycles. The number of pyridine rings is 1. The van der Waals surface area contributed by atoms with Gasteiger partial charge in [0.05, 0.1) is 46.3 Å². The van der Waals surface area contributed by atoms with Gasteiger partial charge in [-0.25, -0.2) is 35.7 Å². The van der Waals surface area contributed by atoms with Gasteiger partial charge in [-0.05, 0) is 54.8 Å². The van der Waals surface area contributed by atoms with E-state index in [9.17, 15) is 45.4 Å². The van der Waals surface area contributed by atoms with E-state index in [1.54, 1.807) is 11.8 Å². The Hall–Kier alpha value is -5.24. The van der Waals surface area contributed by atoms with Gasteiger partial charge in [0.15, 0.2) is 10.8 Å². The minimum atomic E-state index is -4.10. The Morgan fingerprint density at radius 2 is 1.64 bits per heavy atom. The van der Waals surface area contributed by atoms with Crippen molar-refractivity contribution in [1.29, 1.82) is 0 Å². The second kappa shape index (κ2) is 13.5. The molecule has 20 heteroatoms. The topological polar surface area (TPSA) is 139 Å². The van der Waals surface area contributed by atoms with Crippen molar-refractivity contribution in [2.75, 3.05) is 18.0 Å². The molecule has 1 fully saturated rings. The van der Waals surface area contributed by atoms with Gasteiger partial charge in [-0.15, -0.1) is 0 Å². The largest absolute Gasteiger partial charge is 0.386 e. The number of benzene rings is 2. The average molecular weight is 798 g/mol. The van der Waals surface area contributed by atoms with Gasteiger partial charge in [0.2, 0.25) is 5.91 Å². The van der Waals surface area contributed by atoms with Crippen molar-refractivity contribution < 1.29 is 54.2 Å². The number of aromatic nitrogens is 4. The molecule has 0 bridgehead atoms. The monoisotopic (exact) mass is 797 g/mol. The number of aliphatic hydroxyl groups is 1. The number of halogens is 9. The lowest BCUT2D eigenvalue weighted by atomic mass is 9.89. The first kappa shape index (κ1) is 38.1. The molecule has 3 aromatic heterocycles. The fourth-order valence-corrected chi connectivity index (χ4v) is 7.83. The van der Waals surface area contributed by atoms with E-state index in [1.807, 2.05) is 0 Å². The van der Waals surface area contributed by atoms with Crippen molar-refractivity contribution in [1.82, 2.24) is 25.1 Å². The number of fused-ring (bicyclic) bond motifs is 2. The summed E-state index contributed by atoms with van der Waals surface area (Å²) in [5.74, 6) is -13.5. The van der Waals surface area contributed by atoms with Crippen LogP contribution in [0.4, 0.5) is 44.6 Å². The molecule has 0 unspecified atom stereocenters. The van der Waals surface area contributed by atoms with Crippen molar-refractivity contribution in [3.8, 4) is 11.1 Å². The highest BCUT2D eigenvalue weighted by Crippen LogP contribution is 2.52. The Balaban J connectivity index is 1.36. The number of carbonyl (C=O) groups is 2. The van der Waals surface area contributed by atoms with Crippen LogP contribution in [0.1, 0.15) is 70.8 Å². The number of anilines is 1. The van der Waals surface area contributed by atoms with Gasteiger partial charge in [0.1, 0.15) is 35.4 Å². The molecule has 0 radical (unpaired) electrons. The SMILES string of the molecule is CC1(O)CN(c2nc3nc([C@H](Cc4cc(F)cc(F)c4)NC(=O)Cn4nc(C(F)F)c5c4C(F)(F)CCC5(F)F)c(-c4ccc(F)c(C(N)=O)c4)cc3s2)C1. The first-order valence-electron chi connectivity index (χ1n) is 16.5. The molecule has 1 saturated heterocycles. The van der Waals surface area contributed by atoms with E-state index in [1.165, 1.54) is 12.1 Å². The number of rotatable bonds is 10. The Bertz CT molecular complexity index is 2340. The number of hydrogen-bond donors (Lipinski definition) is 3. The van der Waals surface area contributed by atoms with Crippen molar-refractivity contribution in [3.05, 3.63) is 93.7 Å². The van der Waals surface area contributed by atoms with E-state index in [4.69, 9.17) is 5.73 Å². The molecule has 290 valence electrons. The lowest BCUT2D eigenvalue weighted by Gasteiger charge is -2.43. The van der Waals surface area contributed by atoms with Crippen LogP contribution in [0.15, 0.2) is 42.5 Å². The summed E-state index contributed by atoms with van der Waals surface area (Å²) in [5.41, 5.74) is -0.800. The molecule has 2 amide bonds. The number of amides is 2. The minimum absolute atomic E-state index is 0.0583. The Kier molecular flexibility index (Phi) is 9.34. The number of nitrogens with two attached hydrogens (primary N) is 1. The molecule has 5 aromatic rings. The number of β-amino-alcohol motifs (C(OH)–C–C–N with tert-alkyl or cyclic N) is 1. The van der Waals surface area contributed by atoms with Gasteiger partial charge in [-0.1, -0.05) is 17.4 Å². The predicted octanol–water partition coefficient (Wildman–Crippen LogP) is 6.66. The van der Waals surface area contributed by atoms with Gasteiger partial charge < -0.3 is 21.1 Å². The van der Waals surface area contributed by atoms with E-state index >= 15 is 8.78 Å². The van der Waals surface area contributed by atoms with Crippen molar-refractivity contribution in [3.63, 3.8) is 0 Å². The second-order valence-corrected chi connectivity index (χ2v) is 14.7. The fraction of sp³-hybridized carbons (Fsp3) is 0.343. The van der Waals surface area contributed by atoms with Crippen LogP contribution in [0, 0.1) is 17.5 Å². The zero-order chi connectivity index (χ0) is 39.8. The van der Waals surface area contributed by atoms with Crippen molar-refractivity contribution in [2.24, 2.45) is 5.73 Å². The minimum Gasteiger partial charge on any atom is -0.386 e. The first-order valence-corrected chi connectivity index (χ1v) is 17.3. The number of primary amides is 1. The molecule has 2 aromatic carbocycles. The second-order valence-electron chi connectivity index (χ2n) is 13.7. The molecular weight excluding hydrogens is 769 g/mol. The van der Waals surface area contributed by atoms with Crippen LogP contribution in [0.25, 0.3) is 21.5 Å². The summed E-state index contributed by atoms with van der Waals surface area (Å²) in [6.45, 7) is 0.806. The maximum absolute atomic E-state index is 15.1. The number of nitrogens with one attached hydrogen (secondary N) is 1. The molecule has 4 N–H and O–H groups in total. The highest BCUT2D eigenvalue weighted by atomic mass is 32.1. The van der Waals surface area contributed by atoms with Crippen LogP contribution < -0.4 is 16.0 Å². The van der Waals surface area contributed by atoms with Crippen molar-refractivity contribution >= 4 is 38.6 Å². The summed E-state index contributed by atoms with van der Waals surface area (Å²) >= 11 is 1.15. The third kappa shape index (κ3) is 7.31. The van der Waals surface area contributed by atoms with Gasteiger partial charge in [-0.2, -0.15) is 18.9 Å². The third-order valence-corrected chi connectivity index (χ3v) is 10.3. The Morgan fingerprint density at radius 3 is 2.27 bits per heavy atom. The highest BCUT2D eigenvalue weighted by molar-refractivity contribution is 7.22. The standard InChI is InChI=1S/C35H28F9N7O3S/c1-33(54)13-50(14-33)32-48-31-23(55-32)11-19(16-2-3-21(38)20(9-16)30(45)53)26(47-31)22(8-15-6-17(36)10-18(37)7-15)46-24(52)12-51-28-25(27(49-51)29(39)40)34(41,42)4-5-35(28,43)44/h2-3,6-7,9-11,22,29,54H,4-5,8,12-14H2,1H3,(H2,45,53)(H,46,52)/t22-/m0/s1. The molecular formula is C35H28F9N7O3S. The quantitative estimate of drug-likeness (QED) is 0.135. The summed E-state index contributed by atoms with van der Waals surface area (Å²) in [7, 11) is 0. The average Bonchev–Trinajstić information content (AvgIpc) is 3.67. The Labute approximate surface area is 308 Å². The van der Waals surface area contributed by atoms with Gasteiger partial charge in [0, 0.05) is 24.5 Å². The molecule has 10 nitrogen and oxygen atoms in total. The number of thiazole rings is 1. The van der Waals surface area contributed by atoms with Crippen LogP contribution in [0.3, 0.4) is 0 Å². The van der Waals surface area contributed by atoms with Gasteiger partial charge in [0.25, 0.3) is 24.2 Å². The third-order valence-electron chi connectivity index (χ3n) is 9.25. The lowest BCUT2D eigenvalue weighted by Crippen LogP contribution is -2.60. The molecule has 4 heterocycles. The summed E-state index contributed by atoms with van der Waals surface area (Å²) in [6, 6.07) is 5.81. The molecule has 2 aliphatic rings. The number of carbonyl (C=O) groups excluding carboxylic acids is 2. The van der Waals surface area contributed by atoms with Crippen LogP contribution in [-0.2, 0) is 29.6 Å². The molecule has 1 atom stereocenters. The summed E-state index contributed by atoms with van der Waals surface area (Å²) < 4.78 is 132. The van der Waals surface area contributed by atoms with Crippen molar-refractivity contribution in [2.45, 2.75) is 62.6 Å². The summed E-state index contributed by atoms with van der Waals surface area (Å²) in [6.07, 6.45) is -7.02. The summed E-state index contributed by atoms with van der Waals surface area (Å²) in [4.78, 5) is 36.8. The maximum Gasteiger partial charge on any atom is 0.290 e. The van der Waals surface area contributed by atoms with Gasteiger partial charge in [-0.3, -0.25) is 14.3 Å². The predicted molar refractivity (Wildman–Crippen MR) is 179 cm³/mol. The molecule has 0 spiro atoms. The zero-order valence-electron chi connectivity index (χ0n) is 28.3. The lowest BCUT2D eigenvalue weighted by molar-refractivity contribution is -0.123. The molecule has 55 heavy (non-hydrogen) atoms. The Morgan fingerprint density at radius 1 is 0.964 bits per heavy atom. The van der Waals surface area contributed by atoms with Crippen LogP contribution in [-0.4, -0.2) is 55.4 Å². The number of hydrogen-bond acceptors (Lipinski definition) is 8. The van der Waals surface area contributed by atoms with E-state index in [0.717, 1.165) is 35.6 Å². The first-order chi connectivity index (χ1) is 25.7. The van der Waals surface area contributed by atoms with E-state index < -0.39 is 108 Å². The number of nitrogens with zero attached hydrogens (tertiary/aromatic N) is 5. The molecule has 1 aliphatic carbocycles. The zero-order valence-corrected chi connectivity index (χ0v) is 29.1.